The number of fused-ring (bicyclic) bond motifs is 1. The van der Waals surface area contributed by atoms with Gasteiger partial charge in [-0.05, 0) is 85.5 Å². The van der Waals surface area contributed by atoms with E-state index in [-0.39, 0.29) is 17.9 Å². The highest BCUT2D eigenvalue weighted by Crippen LogP contribution is 2.35. The lowest BCUT2D eigenvalue weighted by molar-refractivity contribution is -0.137. The fourth-order valence-corrected chi connectivity index (χ4v) is 5.54. The number of nitrogens with one attached hydrogen (secondary N) is 1. The molecule has 6 rings (SSSR count). The molecule has 0 atom stereocenters. The Bertz CT molecular complexity index is 1860. The Balaban J connectivity index is 1.21. The summed E-state index contributed by atoms with van der Waals surface area (Å²) in [7, 11) is 0. The third kappa shape index (κ3) is 5.70. The maximum Gasteiger partial charge on any atom is 0.416 e. The average molecular weight is 596 g/mol. The quantitative estimate of drug-likeness (QED) is 0.230. The van der Waals surface area contributed by atoms with Gasteiger partial charge in [-0.3, -0.25) is 14.2 Å². The molecule has 5 aromatic rings. The van der Waals surface area contributed by atoms with Crippen LogP contribution in [0.5, 0.6) is 0 Å². The predicted molar refractivity (Wildman–Crippen MR) is 162 cm³/mol. The van der Waals surface area contributed by atoms with Gasteiger partial charge >= 0.3 is 6.18 Å². The number of carbonyl (C=O) groups excluding carboxylic acids is 2. The van der Waals surface area contributed by atoms with Crippen molar-refractivity contribution >= 4 is 23.2 Å². The van der Waals surface area contributed by atoms with Crippen molar-refractivity contribution in [3.8, 4) is 17.1 Å². The molecule has 0 fully saturated rings. The van der Waals surface area contributed by atoms with Crippen LogP contribution in [-0.2, 0) is 23.8 Å². The van der Waals surface area contributed by atoms with Crippen molar-refractivity contribution < 1.29 is 22.8 Å². The summed E-state index contributed by atoms with van der Waals surface area (Å²) in [6.45, 7) is 4.40. The maximum absolute atomic E-state index is 13.5. The van der Waals surface area contributed by atoms with Crippen LogP contribution < -0.4 is 10.2 Å². The summed E-state index contributed by atoms with van der Waals surface area (Å²) in [4.78, 5) is 37.4. The molecular weight excluding hydrogens is 567 g/mol. The molecule has 7 nitrogen and oxygen atoms in total. The monoisotopic (exact) mass is 595 g/mol. The Morgan fingerprint density at radius 1 is 0.909 bits per heavy atom. The Labute approximate surface area is 252 Å². The second kappa shape index (κ2) is 11.4. The highest BCUT2D eigenvalue weighted by Gasteiger charge is 2.32. The van der Waals surface area contributed by atoms with Crippen LogP contribution in [0.4, 0.5) is 24.5 Å². The van der Waals surface area contributed by atoms with Gasteiger partial charge in [-0.2, -0.15) is 13.2 Å². The number of aromatic nitrogens is 3. The van der Waals surface area contributed by atoms with E-state index in [1.807, 2.05) is 30.5 Å². The summed E-state index contributed by atoms with van der Waals surface area (Å²) in [5.74, 6) is -0.273. The van der Waals surface area contributed by atoms with Crippen LogP contribution in [-0.4, -0.2) is 32.9 Å². The molecule has 3 heterocycles. The van der Waals surface area contributed by atoms with E-state index in [9.17, 15) is 22.8 Å². The number of hydrogen-bond donors (Lipinski definition) is 1. The molecule has 0 unspecified atom stereocenters. The maximum atomic E-state index is 13.5. The normalized spacial score (nSPS) is 12.7. The second-order valence-corrected chi connectivity index (χ2v) is 10.7. The van der Waals surface area contributed by atoms with E-state index >= 15 is 0 Å². The van der Waals surface area contributed by atoms with Gasteiger partial charge in [0.05, 0.1) is 17.7 Å². The van der Waals surface area contributed by atoms with Crippen molar-refractivity contribution in [2.75, 3.05) is 16.8 Å². The molecule has 1 aliphatic rings. The van der Waals surface area contributed by atoms with E-state index in [0.717, 1.165) is 34.8 Å². The van der Waals surface area contributed by atoms with Crippen LogP contribution in [0.3, 0.4) is 0 Å². The molecule has 0 saturated heterocycles. The van der Waals surface area contributed by atoms with Crippen LogP contribution >= 0.6 is 0 Å². The number of benzene rings is 3. The third-order valence-corrected chi connectivity index (χ3v) is 7.71. The molecule has 10 heteroatoms. The molecule has 222 valence electrons. The number of halogens is 3. The van der Waals surface area contributed by atoms with Gasteiger partial charge < -0.3 is 10.2 Å². The number of alkyl halides is 3. The number of rotatable bonds is 6. The summed E-state index contributed by atoms with van der Waals surface area (Å²) in [5.41, 5.74) is 4.62. The molecule has 0 aliphatic carbocycles. The van der Waals surface area contributed by atoms with Gasteiger partial charge in [0.2, 0.25) is 11.9 Å². The lowest BCUT2D eigenvalue weighted by Crippen LogP contribution is -2.30. The summed E-state index contributed by atoms with van der Waals surface area (Å²) in [6.07, 6.45) is -2.29. The van der Waals surface area contributed by atoms with Gasteiger partial charge in [0.25, 0.3) is 5.91 Å². The van der Waals surface area contributed by atoms with Crippen molar-refractivity contribution in [3.63, 3.8) is 0 Å². The zero-order chi connectivity index (χ0) is 31.0. The molecule has 1 aliphatic heterocycles. The molecule has 0 saturated carbocycles. The van der Waals surface area contributed by atoms with Gasteiger partial charge in [-0.1, -0.05) is 36.4 Å². The molecule has 2 aromatic heterocycles. The molecule has 1 N–H and O–H groups in total. The number of aryl methyl sites for hydroxylation is 2. The van der Waals surface area contributed by atoms with Crippen molar-refractivity contribution in [2.45, 2.75) is 32.9 Å². The van der Waals surface area contributed by atoms with Crippen LogP contribution in [0.25, 0.3) is 17.1 Å². The van der Waals surface area contributed by atoms with E-state index < -0.39 is 17.6 Å². The minimum Gasteiger partial charge on any atom is -0.322 e. The minimum atomic E-state index is -4.60. The van der Waals surface area contributed by atoms with Crippen molar-refractivity contribution in [1.82, 2.24) is 14.5 Å². The number of carbonyl (C=O) groups is 2. The van der Waals surface area contributed by atoms with E-state index in [0.29, 0.717) is 41.4 Å². The largest absolute Gasteiger partial charge is 0.416 e. The predicted octanol–water partition coefficient (Wildman–Crippen LogP) is 6.95. The lowest BCUT2D eigenvalue weighted by atomic mass is 9.96. The third-order valence-electron chi connectivity index (χ3n) is 7.71. The Morgan fingerprint density at radius 2 is 1.66 bits per heavy atom. The molecule has 0 spiro atoms. The smallest absolute Gasteiger partial charge is 0.322 e. The van der Waals surface area contributed by atoms with Gasteiger partial charge in [0, 0.05) is 41.1 Å². The SMILES string of the molecule is Cc1ccc(C)n1-c1nccc(CC(=O)N2CCc3cc(NC(=O)c4cc(C(F)(F)F)ccc4-c4ccccc4)ccc32)n1. The van der Waals surface area contributed by atoms with E-state index in [2.05, 4.69) is 15.3 Å². The first-order chi connectivity index (χ1) is 21.1. The minimum absolute atomic E-state index is 0.0853. The highest BCUT2D eigenvalue weighted by molar-refractivity contribution is 6.09. The van der Waals surface area contributed by atoms with Crippen LogP contribution in [0.1, 0.15) is 38.6 Å². The number of amides is 2. The van der Waals surface area contributed by atoms with Crippen molar-refractivity contribution in [1.29, 1.82) is 0 Å². The first-order valence-electron chi connectivity index (χ1n) is 14.1. The zero-order valence-corrected chi connectivity index (χ0v) is 24.0. The number of anilines is 2. The van der Waals surface area contributed by atoms with Crippen LogP contribution in [0, 0.1) is 13.8 Å². The van der Waals surface area contributed by atoms with E-state index in [1.54, 1.807) is 65.7 Å². The highest BCUT2D eigenvalue weighted by atomic mass is 19.4. The molecule has 44 heavy (non-hydrogen) atoms. The zero-order valence-electron chi connectivity index (χ0n) is 24.0. The van der Waals surface area contributed by atoms with E-state index in [4.69, 9.17) is 0 Å². The van der Waals surface area contributed by atoms with E-state index in [1.165, 1.54) is 6.07 Å². The fraction of sp³-hybridized carbons (Fsp3) is 0.176. The first kappa shape index (κ1) is 28.9. The fourth-order valence-electron chi connectivity index (χ4n) is 5.54. The molecule has 3 aromatic carbocycles. The lowest BCUT2D eigenvalue weighted by Gasteiger charge is -2.18. The van der Waals surface area contributed by atoms with Crippen molar-refractivity contribution in [2.24, 2.45) is 0 Å². The van der Waals surface area contributed by atoms with Gasteiger partial charge in [-0.25, -0.2) is 9.97 Å². The van der Waals surface area contributed by atoms with Crippen LogP contribution in [0.15, 0.2) is 91.1 Å². The summed E-state index contributed by atoms with van der Waals surface area (Å²) in [5, 5.41) is 2.76. The molecule has 0 bridgehead atoms. The summed E-state index contributed by atoms with van der Waals surface area (Å²) >= 11 is 0. The first-order valence-corrected chi connectivity index (χ1v) is 14.1. The number of hydrogen-bond acceptors (Lipinski definition) is 4. The second-order valence-electron chi connectivity index (χ2n) is 10.7. The Morgan fingerprint density at radius 3 is 2.39 bits per heavy atom. The molecule has 0 radical (unpaired) electrons. The van der Waals surface area contributed by atoms with Gasteiger partial charge in [0.15, 0.2) is 0 Å². The van der Waals surface area contributed by atoms with Gasteiger partial charge in [0.1, 0.15) is 0 Å². The molecule has 2 amide bonds. The Hall–Kier alpha value is -5.25. The average Bonchev–Trinajstić information content (AvgIpc) is 3.58. The number of nitrogens with zero attached hydrogens (tertiary/aromatic N) is 4. The summed E-state index contributed by atoms with van der Waals surface area (Å²) < 4.78 is 42.5. The molecular formula is C34H28F3N5O2. The van der Waals surface area contributed by atoms with Gasteiger partial charge in [-0.15, -0.1) is 0 Å². The standard InChI is InChI=1S/C34H28F3N5O2/c1-21-8-9-22(2)42(21)33-38-16-14-27(40-33)20-31(43)41-17-15-24-18-26(11-13-30(24)41)39-32(44)29-19-25(34(35,36)37)10-12-28(29)23-6-4-3-5-7-23/h3-14,16,18-19H,15,17,20H2,1-2H3,(H,39,44). The van der Waals surface area contributed by atoms with Crippen LogP contribution in [0.2, 0.25) is 0 Å². The van der Waals surface area contributed by atoms with Crippen molar-refractivity contribution in [3.05, 3.63) is 125 Å². The summed E-state index contributed by atoms with van der Waals surface area (Å²) in [6, 6.07) is 22.8. The topological polar surface area (TPSA) is 80.1 Å². The Kier molecular flexibility index (Phi) is 7.50.